The fraction of sp³-hybridized carbons (Fsp3) is 0.375. The molecule has 0 nitrogen and oxygen atoms in total. The zero-order valence-electron chi connectivity index (χ0n) is 11.2. The van der Waals surface area contributed by atoms with Gasteiger partial charge in [0.25, 0.3) is 0 Å². The van der Waals surface area contributed by atoms with Crippen molar-refractivity contribution in [2.24, 2.45) is 0 Å². The van der Waals surface area contributed by atoms with E-state index in [1.807, 2.05) is 11.8 Å². The van der Waals surface area contributed by atoms with Crippen molar-refractivity contribution in [2.75, 3.05) is 11.6 Å². The number of rotatable bonds is 3. The lowest BCUT2D eigenvalue weighted by Crippen LogP contribution is -2.10. The highest BCUT2D eigenvalue weighted by molar-refractivity contribution is 7.99. The summed E-state index contributed by atoms with van der Waals surface area (Å²) in [6.45, 7) is 6.75. The standard InChI is InChI=1S/C16H19ClS/c1-16(2,3)14-6-4-13-11-15(18-9-8-17)7-5-12(13)10-14/h4-7,10-11H,8-9H2,1-3H3. The molecule has 0 saturated heterocycles. The van der Waals surface area contributed by atoms with Crippen LogP contribution in [0.4, 0.5) is 0 Å². The summed E-state index contributed by atoms with van der Waals surface area (Å²) in [4.78, 5) is 1.30. The number of hydrogen-bond acceptors (Lipinski definition) is 1. The second-order valence-corrected chi connectivity index (χ2v) is 7.06. The Morgan fingerprint density at radius 2 is 1.67 bits per heavy atom. The van der Waals surface area contributed by atoms with E-state index < -0.39 is 0 Å². The highest BCUT2D eigenvalue weighted by Gasteiger charge is 2.13. The van der Waals surface area contributed by atoms with E-state index in [0.29, 0.717) is 5.88 Å². The van der Waals surface area contributed by atoms with Gasteiger partial charge in [-0.05, 0) is 33.9 Å². The minimum Gasteiger partial charge on any atom is -0.126 e. The molecule has 0 spiro atoms. The fourth-order valence-electron chi connectivity index (χ4n) is 1.94. The first-order chi connectivity index (χ1) is 8.50. The molecule has 2 aromatic rings. The van der Waals surface area contributed by atoms with Gasteiger partial charge < -0.3 is 0 Å². The van der Waals surface area contributed by atoms with Crippen LogP contribution in [0.25, 0.3) is 10.8 Å². The van der Waals surface area contributed by atoms with Crippen molar-refractivity contribution in [3.63, 3.8) is 0 Å². The molecule has 0 aliphatic heterocycles. The van der Waals surface area contributed by atoms with Crippen LogP contribution in [-0.2, 0) is 5.41 Å². The molecule has 0 radical (unpaired) electrons. The van der Waals surface area contributed by atoms with Gasteiger partial charge in [-0.3, -0.25) is 0 Å². The summed E-state index contributed by atoms with van der Waals surface area (Å²) < 4.78 is 0. The van der Waals surface area contributed by atoms with Crippen LogP contribution in [0.3, 0.4) is 0 Å². The van der Waals surface area contributed by atoms with Crippen LogP contribution in [-0.4, -0.2) is 11.6 Å². The van der Waals surface area contributed by atoms with Gasteiger partial charge in [0.05, 0.1) is 0 Å². The molecule has 2 heteroatoms. The van der Waals surface area contributed by atoms with Crippen molar-refractivity contribution < 1.29 is 0 Å². The van der Waals surface area contributed by atoms with Crippen LogP contribution in [0.15, 0.2) is 41.3 Å². The van der Waals surface area contributed by atoms with Crippen molar-refractivity contribution in [3.05, 3.63) is 42.0 Å². The SMILES string of the molecule is CC(C)(C)c1ccc2cc(SCCCl)ccc2c1. The third-order valence-corrected chi connectivity index (χ3v) is 4.43. The van der Waals surface area contributed by atoms with E-state index in [1.165, 1.54) is 21.2 Å². The van der Waals surface area contributed by atoms with E-state index in [-0.39, 0.29) is 5.41 Å². The van der Waals surface area contributed by atoms with Crippen LogP contribution in [0.5, 0.6) is 0 Å². The molecule has 96 valence electrons. The number of hydrogen-bond donors (Lipinski definition) is 0. The molecule has 0 aliphatic rings. The first-order valence-electron chi connectivity index (χ1n) is 6.24. The van der Waals surface area contributed by atoms with Crippen molar-refractivity contribution in [1.29, 1.82) is 0 Å². The summed E-state index contributed by atoms with van der Waals surface area (Å²) in [6.07, 6.45) is 0. The van der Waals surface area contributed by atoms with Crippen LogP contribution < -0.4 is 0 Å². The van der Waals surface area contributed by atoms with E-state index in [1.54, 1.807) is 0 Å². The molecular formula is C16H19ClS. The molecule has 0 atom stereocenters. The van der Waals surface area contributed by atoms with Crippen molar-refractivity contribution in [3.8, 4) is 0 Å². The molecule has 0 bridgehead atoms. The minimum atomic E-state index is 0.209. The van der Waals surface area contributed by atoms with E-state index in [0.717, 1.165) is 5.75 Å². The molecule has 0 unspecified atom stereocenters. The van der Waals surface area contributed by atoms with Crippen LogP contribution >= 0.6 is 23.4 Å². The molecule has 0 heterocycles. The number of thioether (sulfide) groups is 1. The molecule has 0 N–H and O–H groups in total. The lowest BCUT2D eigenvalue weighted by molar-refractivity contribution is 0.591. The fourth-order valence-corrected chi connectivity index (χ4v) is 2.86. The van der Waals surface area contributed by atoms with Gasteiger partial charge in [0.15, 0.2) is 0 Å². The lowest BCUT2D eigenvalue weighted by Gasteiger charge is -2.19. The van der Waals surface area contributed by atoms with Gasteiger partial charge in [0.1, 0.15) is 0 Å². The van der Waals surface area contributed by atoms with E-state index in [4.69, 9.17) is 11.6 Å². The Bertz CT molecular complexity index is 540. The summed E-state index contributed by atoms with van der Waals surface area (Å²) >= 11 is 7.53. The predicted octanol–water partition coefficient (Wildman–Crippen LogP) is 5.47. The second kappa shape index (κ2) is 5.54. The maximum absolute atomic E-state index is 5.72. The Labute approximate surface area is 119 Å². The average Bonchev–Trinajstić information content (AvgIpc) is 2.34. The van der Waals surface area contributed by atoms with Gasteiger partial charge in [0.2, 0.25) is 0 Å². The number of alkyl halides is 1. The van der Waals surface area contributed by atoms with Gasteiger partial charge in [0, 0.05) is 16.5 Å². The monoisotopic (exact) mass is 278 g/mol. The zero-order valence-corrected chi connectivity index (χ0v) is 12.7. The summed E-state index contributed by atoms with van der Waals surface area (Å²) in [7, 11) is 0. The number of benzene rings is 2. The summed E-state index contributed by atoms with van der Waals surface area (Å²) in [5.74, 6) is 1.67. The van der Waals surface area contributed by atoms with Gasteiger partial charge in [-0.1, -0.05) is 45.0 Å². The maximum atomic E-state index is 5.72. The Morgan fingerprint density at radius 1 is 1.00 bits per heavy atom. The molecule has 0 aliphatic carbocycles. The Kier molecular flexibility index (Phi) is 4.24. The van der Waals surface area contributed by atoms with Gasteiger partial charge >= 0.3 is 0 Å². The van der Waals surface area contributed by atoms with E-state index >= 15 is 0 Å². The third-order valence-electron chi connectivity index (χ3n) is 3.02. The smallest absolute Gasteiger partial charge is 0.0317 e. The molecule has 2 aromatic carbocycles. The molecule has 0 amide bonds. The summed E-state index contributed by atoms with van der Waals surface area (Å²) in [5.41, 5.74) is 1.59. The molecular weight excluding hydrogens is 260 g/mol. The van der Waals surface area contributed by atoms with Gasteiger partial charge in [-0.25, -0.2) is 0 Å². The van der Waals surface area contributed by atoms with Crippen LogP contribution in [0.2, 0.25) is 0 Å². The summed E-state index contributed by atoms with van der Waals surface area (Å²) in [5, 5.41) is 2.63. The normalized spacial score (nSPS) is 12.0. The predicted molar refractivity (Wildman–Crippen MR) is 84.1 cm³/mol. The Hall–Kier alpha value is -0.660. The quantitative estimate of drug-likeness (QED) is 0.530. The van der Waals surface area contributed by atoms with Gasteiger partial charge in [-0.15, -0.1) is 23.4 Å². The van der Waals surface area contributed by atoms with Gasteiger partial charge in [-0.2, -0.15) is 0 Å². The Balaban J connectivity index is 2.36. The summed E-state index contributed by atoms with van der Waals surface area (Å²) in [6, 6.07) is 13.4. The molecule has 18 heavy (non-hydrogen) atoms. The number of fused-ring (bicyclic) bond motifs is 1. The first kappa shape index (κ1) is 13.8. The highest BCUT2D eigenvalue weighted by Crippen LogP contribution is 2.28. The lowest BCUT2D eigenvalue weighted by atomic mass is 9.86. The second-order valence-electron chi connectivity index (χ2n) is 5.51. The average molecular weight is 279 g/mol. The topological polar surface area (TPSA) is 0 Å². The molecule has 0 fully saturated rings. The zero-order chi connectivity index (χ0) is 13.2. The largest absolute Gasteiger partial charge is 0.126 e. The van der Waals surface area contributed by atoms with Crippen LogP contribution in [0, 0.1) is 0 Å². The van der Waals surface area contributed by atoms with E-state index in [9.17, 15) is 0 Å². The van der Waals surface area contributed by atoms with E-state index in [2.05, 4.69) is 57.2 Å². The molecule has 2 rings (SSSR count). The molecule has 0 aromatic heterocycles. The van der Waals surface area contributed by atoms with Crippen molar-refractivity contribution >= 4 is 34.1 Å². The first-order valence-corrected chi connectivity index (χ1v) is 7.76. The molecule has 0 saturated carbocycles. The van der Waals surface area contributed by atoms with Crippen LogP contribution in [0.1, 0.15) is 26.3 Å². The van der Waals surface area contributed by atoms with Crippen molar-refractivity contribution in [1.82, 2.24) is 0 Å². The number of halogens is 1. The van der Waals surface area contributed by atoms with Crippen molar-refractivity contribution in [2.45, 2.75) is 31.1 Å². The minimum absolute atomic E-state index is 0.209. The Morgan fingerprint density at radius 3 is 2.33 bits per heavy atom. The maximum Gasteiger partial charge on any atom is 0.0317 e. The third kappa shape index (κ3) is 3.21. The highest BCUT2D eigenvalue weighted by atomic mass is 35.5.